The number of likely N-dealkylation sites (tertiary alicyclic amines) is 1. The first-order chi connectivity index (χ1) is 15.4. The largest absolute Gasteiger partial charge is 0.342 e. The number of amides is 4. The molecule has 1 saturated heterocycles. The molecule has 0 saturated carbocycles. The normalized spacial score (nSPS) is 15.7. The van der Waals surface area contributed by atoms with E-state index in [9.17, 15) is 14.4 Å². The number of carbonyl (C=O) groups excluding carboxylic acids is 3. The molecule has 1 aliphatic heterocycles. The Kier molecular flexibility index (Phi) is 8.19. The molecular weight excluding hydrogens is 406 g/mol. The van der Waals surface area contributed by atoms with E-state index in [1.807, 2.05) is 49.4 Å². The van der Waals surface area contributed by atoms with Crippen LogP contribution in [0, 0.1) is 12.8 Å². The number of anilines is 1. The van der Waals surface area contributed by atoms with Crippen LogP contribution in [0.2, 0.25) is 0 Å². The van der Waals surface area contributed by atoms with Crippen LogP contribution in [0.3, 0.4) is 0 Å². The highest BCUT2D eigenvalue weighted by atomic mass is 16.2. The lowest BCUT2D eigenvalue weighted by Gasteiger charge is -2.32. The fraction of sp³-hybridized carbons (Fsp3) is 0.417. The zero-order valence-corrected chi connectivity index (χ0v) is 18.7. The van der Waals surface area contributed by atoms with Gasteiger partial charge in [0.15, 0.2) is 0 Å². The molecule has 32 heavy (non-hydrogen) atoms. The Morgan fingerprint density at radius 1 is 1.12 bits per heavy atom. The maximum atomic E-state index is 12.6. The predicted molar refractivity (Wildman–Crippen MR) is 123 cm³/mol. The number of aryl methyl sites for hydroxylation is 1. The summed E-state index contributed by atoms with van der Waals surface area (Å²) in [5.74, 6) is 0.0982. The molecule has 2 N–H and O–H groups in total. The van der Waals surface area contributed by atoms with Crippen molar-refractivity contribution in [3.8, 4) is 0 Å². The third-order valence-corrected chi connectivity index (χ3v) is 5.51. The van der Waals surface area contributed by atoms with E-state index in [1.165, 1.54) is 0 Å². The Hall–Kier alpha value is -3.42. The molecule has 2 aromatic rings. The zero-order chi connectivity index (χ0) is 22.9. The van der Waals surface area contributed by atoms with Gasteiger partial charge in [-0.15, -0.1) is 0 Å². The first kappa shape index (κ1) is 23.2. The molecule has 170 valence electrons. The van der Waals surface area contributed by atoms with E-state index in [4.69, 9.17) is 0 Å². The average Bonchev–Trinajstić information content (AvgIpc) is 2.79. The maximum absolute atomic E-state index is 12.6. The van der Waals surface area contributed by atoms with Gasteiger partial charge < -0.3 is 20.4 Å². The fourth-order valence-corrected chi connectivity index (χ4v) is 3.76. The molecule has 0 aliphatic carbocycles. The molecule has 4 amide bonds. The summed E-state index contributed by atoms with van der Waals surface area (Å²) < 4.78 is 0. The molecule has 1 aromatic heterocycles. The van der Waals surface area contributed by atoms with Gasteiger partial charge in [-0.1, -0.05) is 36.4 Å². The lowest BCUT2D eigenvalue weighted by Crippen LogP contribution is -2.45. The monoisotopic (exact) mass is 437 g/mol. The molecule has 8 nitrogen and oxygen atoms in total. The van der Waals surface area contributed by atoms with Gasteiger partial charge in [-0.05, 0) is 37.5 Å². The van der Waals surface area contributed by atoms with Gasteiger partial charge in [0.05, 0.1) is 5.92 Å². The van der Waals surface area contributed by atoms with Crippen molar-refractivity contribution in [1.82, 2.24) is 20.1 Å². The predicted octanol–water partition coefficient (Wildman–Crippen LogP) is 2.80. The fourth-order valence-electron chi connectivity index (χ4n) is 3.76. The van der Waals surface area contributed by atoms with Crippen molar-refractivity contribution in [2.45, 2.75) is 32.7 Å². The van der Waals surface area contributed by atoms with Gasteiger partial charge in [-0.2, -0.15) is 0 Å². The van der Waals surface area contributed by atoms with Crippen molar-refractivity contribution in [1.29, 1.82) is 0 Å². The van der Waals surface area contributed by atoms with E-state index in [0.29, 0.717) is 25.5 Å². The van der Waals surface area contributed by atoms with Crippen molar-refractivity contribution < 1.29 is 14.4 Å². The third-order valence-electron chi connectivity index (χ3n) is 5.51. The smallest absolute Gasteiger partial charge is 0.317 e. The van der Waals surface area contributed by atoms with Gasteiger partial charge in [-0.25, -0.2) is 9.78 Å². The van der Waals surface area contributed by atoms with E-state index in [2.05, 4.69) is 15.6 Å². The highest BCUT2D eigenvalue weighted by Gasteiger charge is 2.28. The molecule has 0 bridgehead atoms. The van der Waals surface area contributed by atoms with Crippen LogP contribution in [-0.2, 0) is 16.1 Å². The topological polar surface area (TPSA) is 94.6 Å². The van der Waals surface area contributed by atoms with Crippen molar-refractivity contribution in [2.75, 3.05) is 32.0 Å². The second-order valence-electron chi connectivity index (χ2n) is 8.16. The number of piperidine rings is 1. The van der Waals surface area contributed by atoms with Crippen molar-refractivity contribution >= 4 is 23.7 Å². The first-order valence-corrected chi connectivity index (χ1v) is 11.0. The molecule has 0 radical (unpaired) electrons. The number of nitrogens with zero attached hydrogens (tertiary/aromatic N) is 3. The van der Waals surface area contributed by atoms with E-state index in [1.54, 1.807) is 22.9 Å². The third kappa shape index (κ3) is 6.80. The van der Waals surface area contributed by atoms with Gasteiger partial charge in [0.1, 0.15) is 5.82 Å². The van der Waals surface area contributed by atoms with Crippen LogP contribution in [-0.4, -0.2) is 59.3 Å². The Morgan fingerprint density at radius 3 is 2.66 bits per heavy atom. The summed E-state index contributed by atoms with van der Waals surface area (Å²) >= 11 is 0. The Morgan fingerprint density at radius 2 is 1.91 bits per heavy atom. The van der Waals surface area contributed by atoms with Crippen LogP contribution >= 0.6 is 0 Å². The van der Waals surface area contributed by atoms with Crippen LogP contribution in [0.25, 0.3) is 0 Å². The highest BCUT2D eigenvalue weighted by molar-refractivity contribution is 5.92. The number of urea groups is 1. The average molecular weight is 438 g/mol. The molecule has 1 unspecified atom stereocenters. The molecular formula is C24H31N5O3. The van der Waals surface area contributed by atoms with E-state index >= 15 is 0 Å². The van der Waals surface area contributed by atoms with Gasteiger partial charge in [0.2, 0.25) is 11.8 Å². The molecule has 2 heterocycles. The summed E-state index contributed by atoms with van der Waals surface area (Å²) in [5, 5.41) is 5.65. The summed E-state index contributed by atoms with van der Waals surface area (Å²) in [6.45, 7) is 3.65. The van der Waals surface area contributed by atoms with Crippen LogP contribution in [0.4, 0.5) is 10.6 Å². The second kappa shape index (κ2) is 11.3. The number of pyridine rings is 1. The van der Waals surface area contributed by atoms with Crippen molar-refractivity contribution in [3.05, 3.63) is 59.8 Å². The molecule has 8 heteroatoms. The maximum Gasteiger partial charge on any atom is 0.317 e. The minimum atomic E-state index is -0.262. The first-order valence-electron chi connectivity index (χ1n) is 11.0. The number of carbonyl (C=O) groups is 3. The number of aromatic nitrogens is 1. The second-order valence-corrected chi connectivity index (χ2v) is 8.16. The zero-order valence-electron chi connectivity index (χ0n) is 18.7. The molecule has 1 aromatic carbocycles. The quantitative estimate of drug-likeness (QED) is 0.696. The number of hydrogen-bond acceptors (Lipinski definition) is 4. The molecule has 1 atom stereocenters. The molecule has 1 fully saturated rings. The minimum absolute atomic E-state index is 0.0535. The Labute approximate surface area is 189 Å². The SMILES string of the molecule is Cc1cccc(NC(=O)C2CCCN(C(=O)CCNC(=O)N(C)Cc3ccccc3)C2)n1. The van der Waals surface area contributed by atoms with Crippen LogP contribution in [0.5, 0.6) is 0 Å². The summed E-state index contributed by atoms with van der Waals surface area (Å²) in [6, 6.07) is 15.0. The van der Waals surface area contributed by atoms with Crippen LogP contribution in [0.1, 0.15) is 30.5 Å². The van der Waals surface area contributed by atoms with Gasteiger partial charge in [0, 0.05) is 45.3 Å². The molecule has 3 rings (SSSR count). The Balaban J connectivity index is 1.41. The molecule has 1 aliphatic rings. The van der Waals surface area contributed by atoms with Crippen molar-refractivity contribution in [3.63, 3.8) is 0 Å². The number of rotatable bonds is 7. The number of hydrogen-bond donors (Lipinski definition) is 2. The lowest BCUT2D eigenvalue weighted by molar-refractivity contribution is -0.134. The Bertz CT molecular complexity index is 934. The van der Waals surface area contributed by atoms with E-state index in [0.717, 1.165) is 24.1 Å². The van der Waals surface area contributed by atoms with Gasteiger partial charge in [-0.3, -0.25) is 9.59 Å². The number of nitrogens with one attached hydrogen (secondary N) is 2. The summed E-state index contributed by atoms with van der Waals surface area (Å²) in [5.41, 5.74) is 1.87. The van der Waals surface area contributed by atoms with E-state index < -0.39 is 0 Å². The van der Waals surface area contributed by atoms with Crippen molar-refractivity contribution in [2.24, 2.45) is 5.92 Å². The molecule has 0 spiro atoms. The van der Waals surface area contributed by atoms with Crippen LogP contribution in [0.15, 0.2) is 48.5 Å². The standard InChI is InChI=1S/C24H31N5O3/c1-18-8-6-12-21(26-18)27-23(31)20-11-7-15-29(17-20)22(30)13-14-25-24(32)28(2)16-19-9-4-3-5-10-19/h3-6,8-10,12,20H,7,11,13-17H2,1-2H3,(H,25,32)(H,26,27,31). The summed E-state index contributed by atoms with van der Waals surface area (Å²) in [4.78, 5) is 45.1. The summed E-state index contributed by atoms with van der Waals surface area (Å²) in [7, 11) is 1.72. The minimum Gasteiger partial charge on any atom is -0.342 e. The summed E-state index contributed by atoms with van der Waals surface area (Å²) in [6.07, 6.45) is 1.72. The van der Waals surface area contributed by atoms with E-state index in [-0.39, 0.29) is 36.7 Å². The highest BCUT2D eigenvalue weighted by Crippen LogP contribution is 2.19. The number of benzene rings is 1. The van der Waals surface area contributed by atoms with Gasteiger partial charge in [0.25, 0.3) is 0 Å². The van der Waals surface area contributed by atoms with Crippen LogP contribution < -0.4 is 10.6 Å². The van der Waals surface area contributed by atoms with Gasteiger partial charge >= 0.3 is 6.03 Å². The lowest BCUT2D eigenvalue weighted by atomic mass is 9.97.